The molecular weight excluding hydrogens is 254 g/mol. The molecule has 2 rings (SSSR count). The second-order valence-electron chi connectivity index (χ2n) is 4.20. The van der Waals surface area contributed by atoms with Crippen molar-refractivity contribution in [3.8, 4) is 5.75 Å². The average molecular weight is 270 g/mol. The first-order valence-electron chi connectivity index (χ1n) is 5.91. The molecular formula is C13H16ClNO3. The van der Waals surface area contributed by atoms with Gasteiger partial charge >= 0.3 is 0 Å². The molecule has 0 aromatic heterocycles. The van der Waals surface area contributed by atoms with Crippen LogP contribution < -0.4 is 9.64 Å². The molecule has 1 aromatic rings. The van der Waals surface area contributed by atoms with Crippen molar-refractivity contribution in [2.24, 2.45) is 0 Å². The van der Waals surface area contributed by atoms with Gasteiger partial charge in [-0.15, -0.1) is 0 Å². The van der Waals surface area contributed by atoms with Gasteiger partial charge in [-0.3, -0.25) is 4.79 Å². The van der Waals surface area contributed by atoms with Crippen molar-refractivity contribution < 1.29 is 14.3 Å². The Morgan fingerprint density at radius 3 is 3.06 bits per heavy atom. The van der Waals surface area contributed by atoms with E-state index in [9.17, 15) is 4.79 Å². The number of hydrogen-bond acceptors (Lipinski definition) is 3. The predicted octanol–water partition coefficient (Wildman–Crippen LogP) is 2.49. The Bertz CT molecular complexity index is 450. The minimum Gasteiger partial charge on any atom is -0.486 e. The lowest BCUT2D eigenvalue weighted by Gasteiger charge is -2.34. The monoisotopic (exact) mass is 269 g/mol. The Hall–Kier alpha value is -1.26. The lowest BCUT2D eigenvalue weighted by Crippen LogP contribution is -2.44. The maximum Gasteiger partial charge on any atom is 0.253 e. The molecule has 0 fully saturated rings. The lowest BCUT2D eigenvalue weighted by atomic mass is 10.1. The van der Waals surface area contributed by atoms with Crippen LogP contribution in [0.15, 0.2) is 18.2 Å². The topological polar surface area (TPSA) is 38.8 Å². The van der Waals surface area contributed by atoms with Crippen LogP contribution in [0.5, 0.6) is 5.75 Å². The molecule has 0 bridgehead atoms. The van der Waals surface area contributed by atoms with Crippen molar-refractivity contribution in [1.29, 1.82) is 0 Å². The third kappa shape index (κ3) is 2.60. The summed E-state index contributed by atoms with van der Waals surface area (Å²) in [6.07, 6.45) is 0.859. The average Bonchev–Trinajstić information content (AvgIpc) is 2.37. The van der Waals surface area contributed by atoms with E-state index >= 15 is 0 Å². The molecule has 1 heterocycles. The molecule has 1 aliphatic heterocycles. The Labute approximate surface area is 111 Å². The van der Waals surface area contributed by atoms with Gasteiger partial charge in [0, 0.05) is 12.1 Å². The zero-order valence-corrected chi connectivity index (χ0v) is 11.2. The summed E-state index contributed by atoms with van der Waals surface area (Å²) >= 11 is 5.97. The van der Waals surface area contributed by atoms with Crippen LogP contribution in [-0.4, -0.2) is 32.3 Å². The van der Waals surface area contributed by atoms with Crippen molar-refractivity contribution in [2.75, 3.05) is 25.2 Å². The highest BCUT2D eigenvalue weighted by Gasteiger charge is 2.28. The molecule has 0 N–H and O–H groups in total. The summed E-state index contributed by atoms with van der Waals surface area (Å²) in [5.74, 6) is 0.615. The van der Waals surface area contributed by atoms with Gasteiger partial charge in [-0.25, -0.2) is 0 Å². The number of ether oxygens (including phenoxy) is 2. The maximum absolute atomic E-state index is 12.0. The van der Waals surface area contributed by atoms with E-state index in [1.807, 2.05) is 6.92 Å². The Balaban J connectivity index is 2.34. The van der Waals surface area contributed by atoms with E-state index in [4.69, 9.17) is 21.1 Å². The summed E-state index contributed by atoms with van der Waals surface area (Å²) in [6, 6.07) is 5.31. The quantitative estimate of drug-likeness (QED) is 0.846. The smallest absolute Gasteiger partial charge is 0.253 e. The van der Waals surface area contributed by atoms with E-state index in [1.54, 1.807) is 23.1 Å². The fraction of sp³-hybridized carbons (Fsp3) is 0.462. The Morgan fingerprint density at radius 2 is 2.39 bits per heavy atom. The first-order valence-corrected chi connectivity index (χ1v) is 6.29. The Morgan fingerprint density at radius 1 is 1.61 bits per heavy atom. The van der Waals surface area contributed by atoms with Crippen molar-refractivity contribution >= 4 is 23.2 Å². The van der Waals surface area contributed by atoms with Crippen molar-refractivity contribution in [3.63, 3.8) is 0 Å². The zero-order chi connectivity index (χ0) is 13.1. The van der Waals surface area contributed by atoms with Crippen molar-refractivity contribution in [3.05, 3.63) is 23.2 Å². The number of methoxy groups -OCH3 is 1. The van der Waals surface area contributed by atoms with Crippen LogP contribution in [0.3, 0.4) is 0 Å². The molecule has 0 spiro atoms. The highest BCUT2D eigenvalue weighted by atomic mass is 35.5. The number of anilines is 1. The largest absolute Gasteiger partial charge is 0.486 e. The van der Waals surface area contributed by atoms with Gasteiger partial charge in [0.25, 0.3) is 5.91 Å². The van der Waals surface area contributed by atoms with Crippen molar-refractivity contribution in [1.82, 2.24) is 0 Å². The highest BCUT2D eigenvalue weighted by Crippen LogP contribution is 2.36. The number of fused-ring (bicyclic) bond motifs is 1. The molecule has 0 aliphatic carbocycles. The van der Waals surface area contributed by atoms with Crippen LogP contribution in [0, 0.1) is 0 Å². The summed E-state index contributed by atoms with van der Waals surface area (Å²) in [4.78, 5) is 13.7. The molecule has 0 saturated carbocycles. The van der Waals surface area contributed by atoms with Crippen LogP contribution in [0.1, 0.15) is 13.3 Å². The SMILES string of the molecule is CC[C@@H]1CN(C(=O)COC)c2cc(Cl)ccc2O1. The van der Waals surface area contributed by atoms with Crippen LogP contribution in [-0.2, 0) is 9.53 Å². The van der Waals surface area contributed by atoms with Crippen molar-refractivity contribution in [2.45, 2.75) is 19.4 Å². The van der Waals surface area contributed by atoms with E-state index in [1.165, 1.54) is 7.11 Å². The van der Waals surface area contributed by atoms with Crippen LogP contribution in [0.2, 0.25) is 5.02 Å². The predicted molar refractivity (Wildman–Crippen MR) is 70.4 cm³/mol. The third-order valence-corrected chi connectivity index (χ3v) is 3.15. The molecule has 4 nitrogen and oxygen atoms in total. The van der Waals surface area contributed by atoms with Gasteiger partial charge < -0.3 is 14.4 Å². The van der Waals surface area contributed by atoms with E-state index < -0.39 is 0 Å². The molecule has 1 aromatic carbocycles. The van der Waals surface area contributed by atoms with Gasteiger partial charge in [0.2, 0.25) is 0 Å². The summed E-state index contributed by atoms with van der Waals surface area (Å²) < 4.78 is 10.7. The van der Waals surface area contributed by atoms with Crippen LogP contribution in [0.25, 0.3) is 0 Å². The minimum absolute atomic E-state index is 0.0134. The molecule has 1 atom stereocenters. The number of halogens is 1. The van der Waals surface area contributed by atoms with Gasteiger partial charge in [-0.1, -0.05) is 18.5 Å². The number of hydrogen-bond donors (Lipinski definition) is 0. The van der Waals surface area contributed by atoms with E-state index in [0.29, 0.717) is 23.0 Å². The normalized spacial score (nSPS) is 18.2. The zero-order valence-electron chi connectivity index (χ0n) is 10.5. The summed E-state index contributed by atoms with van der Waals surface area (Å²) in [5.41, 5.74) is 0.717. The standard InChI is InChI=1S/C13H16ClNO3/c1-3-10-7-15(13(16)8-17-2)11-6-9(14)4-5-12(11)18-10/h4-6,10H,3,7-8H2,1-2H3/t10-/m1/s1. The van der Waals surface area contributed by atoms with Gasteiger partial charge in [0.15, 0.2) is 0 Å². The fourth-order valence-corrected chi connectivity index (χ4v) is 2.14. The first kappa shape index (κ1) is 13.2. The number of nitrogens with zero attached hydrogens (tertiary/aromatic N) is 1. The second kappa shape index (κ2) is 5.59. The minimum atomic E-state index is -0.0808. The van der Waals surface area contributed by atoms with Crippen LogP contribution >= 0.6 is 11.6 Å². The molecule has 98 valence electrons. The van der Waals surface area contributed by atoms with E-state index in [2.05, 4.69) is 0 Å². The molecule has 0 saturated heterocycles. The van der Waals surface area contributed by atoms with Gasteiger partial charge in [-0.2, -0.15) is 0 Å². The number of carbonyl (C=O) groups excluding carboxylic acids is 1. The second-order valence-corrected chi connectivity index (χ2v) is 4.63. The molecule has 0 unspecified atom stereocenters. The molecule has 1 aliphatic rings. The number of benzene rings is 1. The van der Waals surface area contributed by atoms with Crippen LogP contribution in [0.4, 0.5) is 5.69 Å². The summed E-state index contributed by atoms with van der Waals surface area (Å²) in [7, 11) is 1.51. The summed E-state index contributed by atoms with van der Waals surface area (Å²) in [5, 5.41) is 0.586. The Kier molecular flexibility index (Phi) is 4.09. The maximum atomic E-state index is 12.0. The number of carbonyl (C=O) groups is 1. The first-order chi connectivity index (χ1) is 8.65. The number of rotatable bonds is 3. The highest BCUT2D eigenvalue weighted by molar-refractivity contribution is 6.31. The lowest BCUT2D eigenvalue weighted by molar-refractivity contribution is -0.122. The summed E-state index contributed by atoms with van der Waals surface area (Å²) in [6.45, 7) is 2.62. The molecule has 0 radical (unpaired) electrons. The molecule has 1 amide bonds. The fourth-order valence-electron chi connectivity index (χ4n) is 1.97. The van der Waals surface area contributed by atoms with Gasteiger partial charge in [0.1, 0.15) is 18.5 Å². The van der Waals surface area contributed by atoms with Gasteiger partial charge in [0.05, 0.1) is 12.2 Å². The van der Waals surface area contributed by atoms with E-state index in [0.717, 1.165) is 6.42 Å². The molecule has 5 heteroatoms. The van der Waals surface area contributed by atoms with E-state index in [-0.39, 0.29) is 18.6 Å². The number of amides is 1. The van der Waals surface area contributed by atoms with Gasteiger partial charge in [-0.05, 0) is 24.6 Å². The molecule has 18 heavy (non-hydrogen) atoms. The third-order valence-electron chi connectivity index (χ3n) is 2.92.